The zero-order valence-electron chi connectivity index (χ0n) is 5.84. The second-order valence-corrected chi connectivity index (χ2v) is 2.34. The van der Waals surface area contributed by atoms with Gasteiger partial charge in [-0.2, -0.15) is 0 Å². The summed E-state index contributed by atoms with van der Waals surface area (Å²) >= 11 is 0. The molecule has 0 bridgehead atoms. The van der Waals surface area contributed by atoms with Crippen molar-refractivity contribution in [2.45, 2.75) is 12.8 Å². The van der Waals surface area contributed by atoms with E-state index in [2.05, 4.69) is 18.6 Å². The van der Waals surface area contributed by atoms with Crippen LogP contribution in [0.15, 0.2) is 12.2 Å². The molecule has 0 amide bonds. The largest absolute Gasteiger partial charge is 0.384 e. The van der Waals surface area contributed by atoms with Gasteiger partial charge in [0.25, 0.3) is 0 Å². The van der Waals surface area contributed by atoms with Crippen molar-refractivity contribution in [3.8, 4) is 0 Å². The van der Waals surface area contributed by atoms with Crippen molar-refractivity contribution in [2.24, 2.45) is 5.92 Å². The van der Waals surface area contributed by atoms with E-state index in [-0.39, 0.29) is 0 Å². The highest BCUT2D eigenvalue weighted by molar-refractivity contribution is 5.08. The number of rotatable bonds is 4. The summed E-state index contributed by atoms with van der Waals surface area (Å²) in [6.07, 6.45) is 9.07. The lowest BCUT2D eigenvalue weighted by molar-refractivity contribution is 0.204. The Kier molecular flexibility index (Phi) is 2.78. The van der Waals surface area contributed by atoms with E-state index < -0.39 is 0 Å². The molecule has 1 atom stereocenters. The van der Waals surface area contributed by atoms with Crippen LogP contribution in [-0.4, -0.2) is 13.7 Å². The summed E-state index contributed by atoms with van der Waals surface area (Å²) in [5.74, 6) is 0.793. The maximum Gasteiger partial charge on any atom is 0.0496 e. The molecule has 0 heterocycles. The summed E-state index contributed by atoms with van der Waals surface area (Å²) < 4.78 is 4.88. The van der Waals surface area contributed by atoms with Crippen molar-refractivity contribution < 1.29 is 4.74 Å². The van der Waals surface area contributed by atoms with Crippen LogP contribution in [0.1, 0.15) is 12.8 Å². The van der Waals surface area contributed by atoms with Crippen molar-refractivity contribution in [3.05, 3.63) is 18.6 Å². The zero-order chi connectivity index (χ0) is 6.53. The molecule has 1 radical (unpaired) electrons. The summed E-state index contributed by atoms with van der Waals surface area (Å²) in [5, 5.41) is 0. The number of hydrogen-bond acceptors (Lipinski definition) is 1. The SMILES string of the molecule is COCCC=CC1[CH]C1. The highest BCUT2D eigenvalue weighted by atomic mass is 16.5. The Bertz CT molecular complexity index is 92.7. The van der Waals surface area contributed by atoms with Gasteiger partial charge in [0.2, 0.25) is 0 Å². The first kappa shape index (κ1) is 6.81. The summed E-state index contributed by atoms with van der Waals surface area (Å²) in [7, 11) is 1.73. The highest BCUT2D eigenvalue weighted by Crippen LogP contribution is 2.28. The number of ether oxygens (including phenoxy) is 1. The molecule has 0 saturated heterocycles. The highest BCUT2D eigenvalue weighted by Gasteiger charge is 2.16. The van der Waals surface area contributed by atoms with Crippen LogP contribution in [-0.2, 0) is 4.74 Å². The molecule has 0 N–H and O–H groups in total. The molecular weight excluding hydrogens is 112 g/mol. The lowest BCUT2D eigenvalue weighted by atomic mass is 10.3. The number of hydrogen-bond donors (Lipinski definition) is 0. The van der Waals surface area contributed by atoms with Crippen LogP contribution >= 0.6 is 0 Å². The predicted molar refractivity (Wildman–Crippen MR) is 38.0 cm³/mol. The zero-order valence-corrected chi connectivity index (χ0v) is 5.84. The normalized spacial score (nSPS) is 19.2. The second kappa shape index (κ2) is 3.67. The van der Waals surface area contributed by atoms with Crippen LogP contribution in [0.2, 0.25) is 0 Å². The molecule has 1 fully saturated rings. The van der Waals surface area contributed by atoms with Crippen molar-refractivity contribution in [1.29, 1.82) is 0 Å². The fourth-order valence-corrected chi connectivity index (χ4v) is 0.693. The summed E-state index contributed by atoms with van der Waals surface area (Å²) in [6, 6.07) is 0. The Hall–Kier alpha value is -0.300. The molecule has 9 heavy (non-hydrogen) atoms. The van der Waals surface area contributed by atoms with Gasteiger partial charge < -0.3 is 4.74 Å². The first-order chi connectivity index (χ1) is 4.43. The predicted octanol–water partition coefficient (Wildman–Crippen LogP) is 1.80. The van der Waals surface area contributed by atoms with Gasteiger partial charge in [0.15, 0.2) is 0 Å². The van der Waals surface area contributed by atoms with Crippen LogP contribution in [0.3, 0.4) is 0 Å². The van der Waals surface area contributed by atoms with Gasteiger partial charge in [-0.3, -0.25) is 0 Å². The third-order valence-corrected chi connectivity index (χ3v) is 1.38. The maximum atomic E-state index is 4.88. The molecule has 0 aromatic heterocycles. The molecule has 1 unspecified atom stereocenters. The molecule has 0 aromatic carbocycles. The first-order valence-electron chi connectivity index (χ1n) is 3.42. The summed E-state index contributed by atoms with van der Waals surface area (Å²) in [5.41, 5.74) is 0. The topological polar surface area (TPSA) is 9.23 Å². The van der Waals surface area contributed by atoms with E-state index in [9.17, 15) is 0 Å². The van der Waals surface area contributed by atoms with Crippen LogP contribution in [0.5, 0.6) is 0 Å². The molecule has 1 aliphatic carbocycles. The minimum absolute atomic E-state index is 0.793. The molecule has 1 saturated carbocycles. The monoisotopic (exact) mass is 125 g/mol. The van der Waals surface area contributed by atoms with E-state index in [1.54, 1.807) is 7.11 Å². The Morgan fingerprint density at radius 3 is 3.11 bits per heavy atom. The quantitative estimate of drug-likeness (QED) is 0.411. The van der Waals surface area contributed by atoms with Crippen molar-refractivity contribution >= 4 is 0 Å². The Balaban J connectivity index is 1.89. The van der Waals surface area contributed by atoms with Gasteiger partial charge in [-0.1, -0.05) is 12.2 Å². The summed E-state index contributed by atoms with van der Waals surface area (Å²) in [6.45, 7) is 0.850. The van der Waals surface area contributed by atoms with Crippen molar-refractivity contribution in [2.75, 3.05) is 13.7 Å². The van der Waals surface area contributed by atoms with Crippen molar-refractivity contribution in [3.63, 3.8) is 0 Å². The number of allylic oxidation sites excluding steroid dienone is 1. The second-order valence-electron chi connectivity index (χ2n) is 2.34. The van der Waals surface area contributed by atoms with E-state index in [4.69, 9.17) is 4.74 Å². The molecular formula is C8H13O. The molecule has 51 valence electrons. The van der Waals surface area contributed by atoms with Gasteiger partial charge in [0.05, 0.1) is 0 Å². The lowest BCUT2D eigenvalue weighted by Gasteiger charge is -1.89. The Morgan fingerprint density at radius 1 is 1.78 bits per heavy atom. The molecule has 0 aliphatic heterocycles. The number of methoxy groups -OCH3 is 1. The standard InChI is InChI=1S/C8H13O/c1-9-7-3-2-4-8-5-6-8/h2,4-5,8H,3,6-7H2,1H3. The average molecular weight is 125 g/mol. The van der Waals surface area contributed by atoms with Gasteiger partial charge >= 0.3 is 0 Å². The Labute approximate surface area is 56.7 Å². The first-order valence-corrected chi connectivity index (χ1v) is 3.42. The van der Waals surface area contributed by atoms with Crippen LogP contribution in [0, 0.1) is 12.3 Å². The van der Waals surface area contributed by atoms with Crippen LogP contribution in [0.25, 0.3) is 0 Å². The van der Waals surface area contributed by atoms with E-state index in [1.807, 2.05) is 0 Å². The van der Waals surface area contributed by atoms with Gasteiger partial charge in [-0.05, 0) is 25.2 Å². The molecule has 1 heteroatoms. The maximum absolute atomic E-state index is 4.88. The van der Waals surface area contributed by atoms with Crippen molar-refractivity contribution in [1.82, 2.24) is 0 Å². The average Bonchev–Trinajstić information content (AvgIpc) is 2.63. The minimum atomic E-state index is 0.793. The molecule has 1 aliphatic rings. The van der Waals surface area contributed by atoms with Crippen LogP contribution < -0.4 is 0 Å². The van der Waals surface area contributed by atoms with Gasteiger partial charge in [-0.15, -0.1) is 0 Å². The van der Waals surface area contributed by atoms with E-state index in [0.29, 0.717) is 0 Å². The smallest absolute Gasteiger partial charge is 0.0496 e. The van der Waals surface area contributed by atoms with E-state index in [1.165, 1.54) is 6.42 Å². The fraction of sp³-hybridized carbons (Fsp3) is 0.625. The van der Waals surface area contributed by atoms with Gasteiger partial charge in [-0.25, -0.2) is 0 Å². The van der Waals surface area contributed by atoms with E-state index >= 15 is 0 Å². The molecule has 0 spiro atoms. The summed E-state index contributed by atoms with van der Waals surface area (Å²) in [4.78, 5) is 0. The van der Waals surface area contributed by atoms with Crippen LogP contribution in [0.4, 0.5) is 0 Å². The molecule has 1 rings (SSSR count). The minimum Gasteiger partial charge on any atom is -0.384 e. The van der Waals surface area contributed by atoms with Gasteiger partial charge in [0, 0.05) is 13.7 Å². The Morgan fingerprint density at radius 2 is 2.56 bits per heavy atom. The fourth-order valence-electron chi connectivity index (χ4n) is 0.693. The molecule has 1 nitrogen and oxygen atoms in total. The third-order valence-electron chi connectivity index (χ3n) is 1.38. The third kappa shape index (κ3) is 3.31. The molecule has 0 aromatic rings. The van der Waals surface area contributed by atoms with Gasteiger partial charge in [0.1, 0.15) is 0 Å². The lowest BCUT2D eigenvalue weighted by Crippen LogP contribution is -1.83. The van der Waals surface area contributed by atoms with E-state index in [0.717, 1.165) is 18.9 Å².